The number of hydrogen-bond acceptors (Lipinski definition) is 10. The summed E-state index contributed by atoms with van der Waals surface area (Å²) in [6.07, 6.45) is 5.02. The quantitative estimate of drug-likeness (QED) is 0.234. The van der Waals surface area contributed by atoms with E-state index in [4.69, 9.17) is 9.15 Å². The Labute approximate surface area is 264 Å². The summed E-state index contributed by atoms with van der Waals surface area (Å²) in [4.78, 5) is 24.5. The van der Waals surface area contributed by atoms with Crippen molar-refractivity contribution < 1.29 is 44.6 Å². The fourth-order valence-electron chi connectivity index (χ4n) is 11.2. The van der Waals surface area contributed by atoms with Gasteiger partial charge in [-0.1, -0.05) is 32.6 Å². The average Bonchev–Trinajstić information content (AvgIpc) is 3.61. The Hall–Kier alpha value is -1.82. The molecule has 0 bridgehead atoms. The molecule has 10 nitrogen and oxygen atoms in total. The molecule has 0 radical (unpaired) electrons. The average molecular weight is 633 g/mol. The van der Waals surface area contributed by atoms with Crippen LogP contribution in [0.4, 0.5) is 0 Å². The molecule has 10 heteroatoms. The standard InChI is InChI=1S/C35H52O10/c1-20(36)28(38)29(39)30(40)31(41)45-23-9-14-33(17-21-5-3-4-6-21)25-10-13-32(2)24(22-7-8-27(37)44-19-22)12-16-35(32,43)26(25)11-15-34(33,42)18-23/h7-8,19-21,23-26,28-30,36,38-40,42-43H,3-6,9-18H2,1-2H3/t20-,23-,24+,25-,26+,28-,29+,30+,32+,33-,34-,35-/m0/s1. The molecule has 6 rings (SSSR count). The van der Waals surface area contributed by atoms with Crippen LogP contribution >= 0.6 is 0 Å². The van der Waals surface area contributed by atoms with Crippen molar-refractivity contribution in [3.05, 3.63) is 34.4 Å². The van der Waals surface area contributed by atoms with Gasteiger partial charge >= 0.3 is 11.6 Å². The molecule has 0 amide bonds. The summed E-state index contributed by atoms with van der Waals surface area (Å²) in [5.41, 5.74) is -2.30. The molecule has 0 unspecified atom stereocenters. The van der Waals surface area contributed by atoms with Crippen LogP contribution in [0.2, 0.25) is 0 Å². The van der Waals surface area contributed by atoms with Gasteiger partial charge < -0.3 is 39.8 Å². The number of ether oxygens (including phenoxy) is 1. The SMILES string of the molecule is C[C@H](O)[C@H](O)[C@@H](O)[C@@H](O)C(=O)O[C@H]1CC[C@]2(CC3CCCC3)[C@H]3CC[C@]4(C)[C@@H](c5ccc(=O)oc5)CC[C@]4(O)[C@@H]3CC[C@]2(O)C1. The molecule has 12 atom stereocenters. The van der Waals surface area contributed by atoms with E-state index in [1.807, 2.05) is 6.07 Å². The van der Waals surface area contributed by atoms with E-state index < -0.39 is 58.5 Å². The van der Waals surface area contributed by atoms with E-state index in [0.29, 0.717) is 38.0 Å². The number of carbonyl (C=O) groups is 1. The summed E-state index contributed by atoms with van der Waals surface area (Å²) in [6, 6.07) is 3.30. The normalized spacial score (nSPS) is 42.6. The van der Waals surface area contributed by atoms with Gasteiger partial charge in [0, 0.05) is 23.3 Å². The third-order valence-corrected chi connectivity index (χ3v) is 13.6. The second-order valence-corrected chi connectivity index (χ2v) is 15.6. The number of fused-ring (bicyclic) bond motifs is 5. The zero-order valence-corrected chi connectivity index (χ0v) is 26.6. The molecule has 0 aliphatic heterocycles. The Kier molecular flexibility index (Phi) is 8.83. The minimum absolute atomic E-state index is 0.0108. The Balaban J connectivity index is 1.26. The largest absolute Gasteiger partial charge is 0.460 e. The number of esters is 1. The molecule has 1 heterocycles. The van der Waals surface area contributed by atoms with E-state index in [0.717, 1.165) is 44.1 Å². The summed E-state index contributed by atoms with van der Waals surface area (Å²) < 4.78 is 10.9. The van der Waals surface area contributed by atoms with Gasteiger partial charge in [-0.05, 0) is 100 Å². The van der Waals surface area contributed by atoms with Gasteiger partial charge in [0.05, 0.1) is 23.6 Å². The van der Waals surface area contributed by atoms with Gasteiger partial charge in [0.2, 0.25) is 0 Å². The van der Waals surface area contributed by atoms with Crippen molar-refractivity contribution in [2.24, 2.45) is 28.6 Å². The van der Waals surface area contributed by atoms with E-state index in [-0.39, 0.29) is 29.8 Å². The lowest BCUT2D eigenvalue weighted by Gasteiger charge is -2.67. The molecule has 1 aromatic rings. The van der Waals surface area contributed by atoms with Gasteiger partial charge in [0.25, 0.3) is 0 Å². The van der Waals surface area contributed by atoms with E-state index in [9.17, 15) is 40.2 Å². The van der Waals surface area contributed by atoms with Gasteiger partial charge in [0.15, 0.2) is 6.10 Å². The molecular weight excluding hydrogens is 580 g/mol. The first-order chi connectivity index (χ1) is 21.2. The lowest BCUT2D eigenvalue weighted by Crippen LogP contribution is -2.68. The maximum atomic E-state index is 12.8. The van der Waals surface area contributed by atoms with Crippen molar-refractivity contribution >= 4 is 5.97 Å². The van der Waals surface area contributed by atoms with E-state index in [2.05, 4.69) is 6.92 Å². The molecule has 5 aliphatic rings. The van der Waals surface area contributed by atoms with Gasteiger partial charge in [-0.2, -0.15) is 0 Å². The first-order valence-electron chi connectivity index (χ1n) is 17.2. The second-order valence-electron chi connectivity index (χ2n) is 15.6. The highest BCUT2D eigenvalue weighted by molar-refractivity contribution is 5.75. The molecule has 252 valence electrons. The van der Waals surface area contributed by atoms with Gasteiger partial charge in [0.1, 0.15) is 18.3 Å². The zero-order valence-electron chi connectivity index (χ0n) is 26.6. The molecule has 1 aromatic heterocycles. The zero-order chi connectivity index (χ0) is 32.4. The fourth-order valence-corrected chi connectivity index (χ4v) is 11.2. The summed E-state index contributed by atoms with van der Waals surface area (Å²) in [5, 5.41) is 65.5. The monoisotopic (exact) mass is 632 g/mol. The highest BCUT2D eigenvalue weighted by atomic mass is 16.6. The number of rotatable bonds is 8. The number of aliphatic hydroxyl groups excluding tert-OH is 4. The summed E-state index contributed by atoms with van der Waals surface area (Å²) in [7, 11) is 0. The van der Waals surface area contributed by atoms with Gasteiger partial charge in [-0.25, -0.2) is 9.59 Å². The highest BCUT2D eigenvalue weighted by Gasteiger charge is 2.71. The summed E-state index contributed by atoms with van der Waals surface area (Å²) in [6.45, 7) is 3.45. The van der Waals surface area contributed by atoms with Gasteiger partial charge in [-0.15, -0.1) is 0 Å². The van der Waals surface area contributed by atoms with Crippen molar-refractivity contribution in [2.45, 2.75) is 151 Å². The van der Waals surface area contributed by atoms with Crippen LogP contribution < -0.4 is 5.63 Å². The van der Waals surface area contributed by atoms with Crippen LogP contribution in [0, 0.1) is 28.6 Å². The predicted octanol–water partition coefficient (Wildman–Crippen LogP) is 2.93. The maximum absolute atomic E-state index is 12.8. The maximum Gasteiger partial charge on any atom is 0.338 e. The van der Waals surface area contributed by atoms with Crippen LogP contribution in [0.15, 0.2) is 27.6 Å². The van der Waals surface area contributed by atoms with Crippen LogP contribution in [-0.2, 0) is 9.53 Å². The van der Waals surface area contributed by atoms with Crippen molar-refractivity contribution in [1.82, 2.24) is 0 Å². The van der Waals surface area contributed by atoms with Crippen LogP contribution in [0.3, 0.4) is 0 Å². The fraction of sp³-hybridized carbons (Fsp3) is 0.829. The lowest BCUT2D eigenvalue weighted by molar-refractivity contribution is -0.266. The van der Waals surface area contributed by atoms with Crippen LogP contribution in [0.1, 0.15) is 115 Å². The Morgan fingerprint density at radius 3 is 2.31 bits per heavy atom. The molecule has 5 aliphatic carbocycles. The van der Waals surface area contributed by atoms with Crippen molar-refractivity contribution in [3.63, 3.8) is 0 Å². The van der Waals surface area contributed by atoms with Gasteiger partial charge in [-0.3, -0.25) is 0 Å². The smallest absolute Gasteiger partial charge is 0.338 e. The number of carbonyl (C=O) groups excluding carboxylic acids is 1. The summed E-state index contributed by atoms with van der Waals surface area (Å²) >= 11 is 0. The van der Waals surface area contributed by atoms with Crippen LogP contribution in [-0.4, -0.2) is 78.3 Å². The second kappa shape index (κ2) is 12.0. The Morgan fingerprint density at radius 2 is 1.64 bits per heavy atom. The molecule has 5 saturated carbocycles. The first kappa shape index (κ1) is 33.1. The Morgan fingerprint density at radius 1 is 0.933 bits per heavy atom. The van der Waals surface area contributed by atoms with E-state index in [1.165, 1.54) is 25.8 Å². The molecule has 0 spiro atoms. The molecule has 45 heavy (non-hydrogen) atoms. The molecule has 5 fully saturated rings. The molecule has 0 aromatic carbocycles. The first-order valence-corrected chi connectivity index (χ1v) is 17.2. The molecule has 6 N–H and O–H groups in total. The summed E-state index contributed by atoms with van der Waals surface area (Å²) in [5.74, 6) is -0.392. The van der Waals surface area contributed by atoms with Crippen LogP contribution in [0.5, 0.6) is 0 Å². The van der Waals surface area contributed by atoms with Crippen molar-refractivity contribution in [3.8, 4) is 0 Å². The predicted molar refractivity (Wildman–Crippen MR) is 163 cm³/mol. The van der Waals surface area contributed by atoms with Crippen molar-refractivity contribution in [1.29, 1.82) is 0 Å². The van der Waals surface area contributed by atoms with E-state index >= 15 is 0 Å². The molecular formula is C35H52O10. The third-order valence-electron chi connectivity index (χ3n) is 13.6. The number of hydrogen-bond donors (Lipinski definition) is 6. The Bertz CT molecular complexity index is 1270. The van der Waals surface area contributed by atoms with Crippen molar-refractivity contribution in [2.75, 3.05) is 0 Å². The third kappa shape index (κ3) is 5.32. The minimum Gasteiger partial charge on any atom is -0.460 e. The van der Waals surface area contributed by atoms with Crippen LogP contribution in [0.25, 0.3) is 0 Å². The lowest BCUT2D eigenvalue weighted by atomic mass is 9.40. The molecule has 0 saturated heterocycles. The topological polar surface area (TPSA) is 178 Å². The van der Waals surface area contributed by atoms with E-state index in [1.54, 1.807) is 6.26 Å². The highest BCUT2D eigenvalue weighted by Crippen LogP contribution is 2.72. The number of aliphatic hydroxyl groups is 6. The minimum atomic E-state index is -2.02.